The van der Waals surface area contributed by atoms with E-state index in [1.807, 2.05) is 20.8 Å². The first-order valence-corrected chi connectivity index (χ1v) is 10.5. The molecule has 2 saturated heterocycles. The Labute approximate surface area is 167 Å². The molecular weight excluding hydrogens is 368 g/mol. The third-order valence-electron chi connectivity index (χ3n) is 6.15. The lowest BCUT2D eigenvalue weighted by Gasteiger charge is -2.44. The number of aliphatic hydroxyl groups excluding tert-OH is 4. The monoisotopic (exact) mass is 406 g/mol. The van der Waals surface area contributed by atoms with Gasteiger partial charge in [0.15, 0.2) is 0 Å². The lowest BCUT2D eigenvalue weighted by molar-refractivity contribution is -0.232. The third kappa shape index (κ3) is 5.23. The van der Waals surface area contributed by atoms with Crippen molar-refractivity contribution in [2.45, 2.75) is 88.9 Å². The molecule has 2 rings (SSSR count). The fourth-order valence-electron chi connectivity index (χ4n) is 4.40. The Morgan fingerprint density at radius 2 is 1.07 bits per heavy atom. The smallest absolute Gasteiger partial charge is 0.110 e. The van der Waals surface area contributed by atoms with Crippen molar-refractivity contribution in [1.82, 2.24) is 0 Å². The average Bonchev–Trinajstić information content (AvgIpc) is 2.70. The lowest BCUT2D eigenvalue weighted by Crippen LogP contribution is -2.57. The van der Waals surface area contributed by atoms with E-state index in [1.54, 1.807) is 7.11 Å². The molecule has 0 aliphatic carbocycles. The van der Waals surface area contributed by atoms with Crippen LogP contribution < -0.4 is 0 Å². The van der Waals surface area contributed by atoms with Crippen molar-refractivity contribution in [3.8, 4) is 0 Å². The summed E-state index contributed by atoms with van der Waals surface area (Å²) < 4.78 is 22.8. The first-order chi connectivity index (χ1) is 13.4. The van der Waals surface area contributed by atoms with Gasteiger partial charge in [-0.15, -0.1) is 0 Å². The molecule has 0 amide bonds. The maximum Gasteiger partial charge on any atom is 0.110 e. The summed E-state index contributed by atoms with van der Waals surface area (Å²) in [6.45, 7) is 6.42. The molecular formula is C20H38O8. The largest absolute Gasteiger partial charge is 0.390 e. The van der Waals surface area contributed by atoms with Crippen molar-refractivity contribution in [2.75, 3.05) is 26.9 Å². The third-order valence-corrected chi connectivity index (χ3v) is 6.15. The van der Waals surface area contributed by atoms with Crippen molar-refractivity contribution < 1.29 is 39.4 Å². The maximum absolute atomic E-state index is 10.5. The SMILES string of the molecule is CCC1OC(CC)C(COCC2OC(CC)C(COC)C(O)C2O)C(O)C1O. The molecule has 0 aromatic carbocycles. The van der Waals surface area contributed by atoms with E-state index in [1.165, 1.54) is 0 Å². The van der Waals surface area contributed by atoms with E-state index in [4.69, 9.17) is 18.9 Å². The summed E-state index contributed by atoms with van der Waals surface area (Å²) in [5, 5.41) is 41.6. The maximum atomic E-state index is 10.5. The van der Waals surface area contributed by atoms with Crippen molar-refractivity contribution in [2.24, 2.45) is 11.8 Å². The average molecular weight is 407 g/mol. The molecule has 10 atom stereocenters. The van der Waals surface area contributed by atoms with Crippen LogP contribution in [0.2, 0.25) is 0 Å². The van der Waals surface area contributed by atoms with Crippen molar-refractivity contribution in [3.05, 3.63) is 0 Å². The lowest BCUT2D eigenvalue weighted by atomic mass is 9.85. The molecule has 166 valence electrons. The number of rotatable bonds is 9. The van der Waals surface area contributed by atoms with E-state index in [-0.39, 0.29) is 43.4 Å². The fraction of sp³-hybridized carbons (Fsp3) is 1.00. The van der Waals surface area contributed by atoms with Gasteiger partial charge < -0.3 is 39.4 Å². The highest BCUT2D eigenvalue weighted by molar-refractivity contribution is 4.93. The topological polar surface area (TPSA) is 118 Å². The van der Waals surface area contributed by atoms with Crippen LogP contribution in [0.15, 0.2) is 0 Å². The van der Waals surface area contributed by atoms with Gasteiger partial charge in [-0.2, -0.15) is 0 Å². The quantitative estimate of drug-likeness (QED) is 0.426. The van der Waals surface area contributed by atoms with Crippen LogP contribution in [0.4, 0.5) is 0 Å². The van der Waals surface area contributed by atoms with Crippen molar-refractivity contribution in [3.63, 3.8) is 0 Å². The minimum atomic E-state index is -1.08. The zero-order valence-corrected chi connectivity index (χ0v) is 17.4. The Bertz CT molecular complexity index is 446. The van der Waals surface area contributed by atoms with Crippen LogP contribution in [0, 0.1) is 11.8 Å². The molecule has 2 heterocycles. The van der Waals surface area contributed by atoms with Crippen LogP contribution >= 0.6 is 0 Å². The van der Waals surface area contributed by atoms with E-state index >= 15 is 0 Å². The van der Waals surface area contributed by atoms with Gasteiger partial charge in [-0.05, 0) is 19.3 Å². The van der Waals surface area contributed by atoms with Gasteiger partial charge in [0.05, 0.1) is 50.3 Å². The Balaban J connectivity index is 1.92. The Morgan fingerprint density at radius 3 is 1.57 bits per heavy atom. The van der Waals surface area contributed by atoms with Gasteiger partial charge in [-0.25, -0.2) is 0 Å². The van der Waals surface area contributed by atoms with Crippen LogP contribution in [0.5, 0.6) is 0 Å². The molecule has 2 aliphatic rings. The normalized spacial score (nSPS) is 44.6. The zero-order valence-electron chi connectivity index (χ0n) is 17.4. The van der Waals surface area contributed by atoms with Gasteiger partial charge in [0.2, 0.25) is 0 Å². The van der Waals surface area contributed by atoms with Crippen LogP contribution in [-0.2, 0) is 18.9 Å². The van der Waals surface area contributed by atoms with Gasteiger partial charge in [-0.3, -0.25) is 0 Å². The molecule has 0 saturated carbocycles. The number of methoxy groups -OCH3 is 1. The minimum Gasteiger partial charge on any atom is -0.390 e. The number of ether oxygens (including phenoxy) is 4. The highest BCUT2D eigenvalue weighted by atomic mass is 16.6. The van der Waals surface area contributed by atoms with Crippen LogP contribution in [0.25, 0.3) is 0 Å². The second-order valence-corrected chi connectivity index (χ2v) is 7.93. The molecule has 8 nitrogen and oxygen atoms in total. The van der Waals surface area contributed by atoms with Crippen LogP contribution in [0.1, 0.15) is 40.0 Å². The first kappa shape index (κ1) is 24.0. The summed E-state index contributed by atoms with van der Waals surface area (Å²) in [7, 11) is 1.56. The second kappa shape index (κ2) is 11.2. The van der Waals surface area contributed by atoms with Crippen LogP contribution in [0.3, 0.4) is 0 Å². The van der Waals surface area contributed by atoms with Crippen molar-refractivity contribution in [1.29, 1.82) is 0 Å². The molecule has 2 fully saturated rings. The van der Waals surface area contributed by atoms with E-state index in [9.17, 15) is 20.4 Å². The van der Waals surface area contributed by atoms with E-state index in [2.05, 4.69) is 0 Å². The highest BCUT2D eigenvalue weighted by Gasteiger charge is 2.45. The molecule has 0 aromatic heterocycles. The number of hydrogen-bond acceptors (Lipinski definition) is 8. The summed E-state index contributed by atoms with van der Waals surface area (Å²) in [5.74, 6) is -0.655. The van der Waals surface area contributed by atoms with Gasteiger partial charge in [0.25, 0.3) is 0 Å². The zero-order chi connectivity index (χ0) is 20.8. The number of aliphatic hydroxyl groups is 4. The molecule has 10 unspecified atom stereocenters. The number of hydrogen-bond donors (Lipinski definition) is 4. The van der Waals surface area contributed by atoms with Crippen LogP contribution in [-0.4, -0.2) is 96.2 Å². The molecule has 0 bridgehead atoms. The molecule has 2 aliphatic heterocycles. The van der Waals surface area contributed by atoms with Gasteiger partial charge in [0, 0.05) is 18.9 Å². The predicted octanol–water partition coefficient (Wildman–Crippen LogP) is 0.0902. The second-order valence-electron chi connectivity index (χ2n) is 7.93. The first-order valence-electron chi connectivity index (χ1n) is 10.5. The van der Waals surface area contributed by atoms with Gasteiger partial charge in [0.1, 0.15) is 18.3 Å². The molecule has 28 heavy (non-hydrogen) atoms. The molecule has 0 spiro atoms. The minimum absolute atomic E-state index is 0.0847. The summed E-state index contributed by atoms with van der Waals surface area (Å²) >= 11 is 0. The summed E-state index contributed by atoms with van der Waals surface area (Å²) in [4.78, 5) is 0. The highest BCUT2D eigenvalue weighted by Crippen LogP contribution is 2.31. The predicted molar refractivity (Wildman–Crippen MR) is 102 cm³/mol. The Morgan fingerprint density at radius 1 is 0.607 bits per heavy atom. The summed E-state index contributed by atoms with van der Waals surface area (Å²) in [5.41, 5.74) is 0. The fourth-order valence-corrected chi connectivity index (χ4v) is 4.40. The molecule has 0 aromatic rings. The van der Waals surface area contributed by atoms with E-state index in [0.717, 1.165) is 0 Å². The van der Waals surface area contributed by atoms with Gasteiger partial charge in [-0.1, -0.05) is 20.8 Å². The summed E-state index contributed by atoms with van der Waals surface area (Å²) in [6, 6.07) is 0. The molecule has 8 heteroatoms. The van der Waals surface area contributed by atoms with E-state index in [0.29, 0.717) is 25.9 Å². The van der Waals surface area contributed by atoms with Crippen molar-refractivity contribution >= 4 is 0 Å². The van der Waals surface area contributed by atoms with E-state index < -0.39 is 30.5 Å². The Kier molecular flexibility index (Phi) is 9.56. The van der Waals surface area contributed by atoms with Gasteiger partial charge >= 0.3 is 0 Å². The molecule has 0 radical (unpaired) electrons. The summed E-state index contributed by atoms with van der Waals surface area (Å²) in [6.07, 6.45) is -3.37. The molecule has 4 N–H and O–H groups in total. The standard InChI is InChI=1S/C20H38O8/c1-5-13-11(8-25-4)17(21)20(24)16(28-13)10-26-9-12-14(6-2)27-15(7-3)19(23)18(12)22/h11-24H,5-10H2,1-4H3. The Hall–Kier alpha value is -0.320.